The first-order chi connectivity index (χ1) is 8.15. The molecule has 1 atom stereocenters. The van der Waals surface area contributed by atoms with E-state index in [0.717, 1.165) is 10.6 Å². The van der Waals surface area contributed by atoms with E-state index in [1.807, 2.05) is 18.2 Å². The van der Waals surface area contributed by atoms with Crippen LogP contribution in [0.1, 0.15) is 24.2 Å². The minimum absolute atomic E-state index is 0.458. The SMILES string of the molecule is Cc1cccc(Sc2ccc(C(C)O)cn2)c1. The lowest BCUT2D eigenvalue weighted by molar-refractivity contribution is 0.198. The Kier molecular flexibility index (Phi) is 3.82. The molecule has 1 unspecified atom stereocenters. The molecule has 3 heteroatoms. The normalized spacial score (nSPS) is 12.4. The van der Waals surface area contributed by atoms with Crippen LogP contribution in [0, 0.1) is 6.92 Å². The van der Waals surface area contributed by atoms with E-state index >= 15 is 0 Å². The van der Waals surface area contributed by atoms with Gasteiger partial charge >= 0.3 is 0 Å². The average Bonchev–Trinajstić information content (AvgIpc) is 2.29. The quantitative estimate of drug-likeness (QED) is 0.897. The zero-order valence-corrected chi connectivity index (χ0v) is 10.7. The third-order valence-electron chi connectivity index (χ3n) is 2.45. The smallest absolute Gasteiger partial charge is 0.101 e. The number of rotatable bonds is 3. The van der Waals surface area contributed by atoms with Gasteiger partial charge in [-0.05, 0) is 37.6 Å². The second-order valence-corrected chi connectivity index (χ2v) is 5.12. The first-order valence-corrected chi connectivity index (χ1v) is 6.35. The van der Waals surface area contributed by atoms with E-state index in [4.69, 9.17) is 0 Å². The fourth-order valence-electron chi connectivity index (χ4n) is 1.50. The van der Waals surface area contributed by atoms with Gasteiger partial charge in [-0.25, -0.2) is 4.98 Å². The molecule has 0 bridgehead atoms. The van der Waals surface area contributed by atoms with E-state index in [1.165, 1.54) is 10.5 Å². The maximum absolute atomic E-state index is 9.39. The van der Waals surface area contributed by atoms with Crippen molar-refractivity contribution in [3.05, 3.63) is 53.7 Å². The number of hydrogen-bond acceptors (Lipinski definition) is 3. The molecule has 0 fully saturated rings. The molecule has 0 saturated heterocycles. The third kappa shape index (κ3) is 3.32. The molecular weight excluding hydrogens is 230 g/mol. The number of nitrogens with zero attached hydrogens (tertiary/aromatic N) is 1. The molecule has 2 nitrogen and oxygen atoms in total. The van der Waals surface area contributed by atoms with Crippen molar-refractivity contribution in [2.75, 3.05) is 0 Å². The van der Waals surface area contributed by atoms with Crippen LogP contribution in [-0.2, 0) is 0 Å². The second-order valence-electron chi connectivity index (χ2n) is 4.02. The lowest BCUT2D eigenvalue weighted by atomic mass is 10.2. The molecule has 0 aliphatic rings. The van der Waals surface area contributed by atoms with Crippen LogP contribution in [0.3, 0.4) is 0 Å². The van der Waals surface area contributed by atoms with E-state index in [1.54, 1.807) is 24.9 Å². The average molecular weight is 245 g/mol. The lowest BCUT2D eigenvalue weighted by Crippen LogP contribution is -1.92. The Bertz CT molecular complexity index is 494. The zero-order valence-electron chi connectivity index (χ0n) is 9.92. The Morgan fingerprint density at radius 1 is 1.24 bits per heavy atom. The Morgan fingerprint density at radius 3 is 2.65 bits per heavy atom. The van der Waals surface area contributed by atoms with Crippen molar-refractivity contribution in [3.63, 3.8) is 0 Å². The lowest BCUT2D eigenvalue weighted by Gasteiger charge is -2.05. The number of hydrogen-bond donors (Lipinski definition) is 1. The summed E-state index contributed by atoms with van der Waals surface area (Å²) in [7, 11) is 0. The summed E-state index contributed by atoms with van der Waals surface area (Å²) in [5, 5.41) is 10.3. The summed E-state index contributed by atoms with van der Waals surface area (Å²) in [6.07, 6.45) is 1.27. The maximum Gasteiger partial charge on any atom is 0.101 e. The molecule has 2 rings (SSSR count). The predicted octanol–water partition coefficient (Wildman–Crippen LogP) is 3.59. The molecule has 1 aromatic carbocycles. The van der Waals surface area contributed by atoms with E-state index in [2.05, 4.69) is 30.1 Å². The zero-order chi connectivity index (χ0) is 12.3. The van der Waals surface area contributed by atoms with Gasteiger partial charge in [0.2, 0.25) is 0 Å². The summed E-state index contributed by atoms with van der Waals surface area (Å²) in [6.45, 7) is 3.82. The van der Waals surface area contributed by atoms with Gasteiger partial charge in [0.1, 0.15) is 5.03 Å². The summed E-state index contributed by atoms with van der Waals surface area (Å²) in [4.78, 5) is 5.51. The highest BCUT2D eigenvalue weighted by molar-refractivity contribution is 7.99. The number of aromatic nitrogens is 1. The standard InChI is InChI=1S/C14H15NOS/c1-10-4-3-5-13(8-10)17-14-7-6-12(9-15-14)11(2)16/h3-9,11,16H,1-2H3. The monoisotopic (exact) mass is 245 g/mol. The molecule has 1 N–H and O–H groups in total. The fraction of sp³-hybridized carbons (Fsp3) is 0.214. The highest BCUT2D eigenvalue weighted by Crippen LogP contribution is 2.27. The molecule has 0 radical (unpaired) electrons. The van der Waals surface area contributed by atoms with Crippen molar-refractivity contribution >= 4 is 11.8 Å². The minimum atomic E-state index is -0.458. The van der Waals surface area contributed by atoms with Crippen molar-refractivity contribution in [3.8, 4) is 0 Å². The Labute approximate surface area is 106 Å². The van der Waals surface area contributed by atoms with Gasteiger partial charge in [-0.15, -0.1) is 0 Å². The predicted molar refractivity (Wildman–Crippen MR) is 70.2 cm³/mol. The van der Waals surface area contributed by atoms with Gasteiger partial charge in [-0.2, -0.15) is 0 Å². The van der Waals surface area contributed by atoms with Crippen molar-refractivity contribution in [1.82, 2.24) is 4.98 Å². The minimum Gasteiger partial charge on any atom is -0.389 e. The molecule has 0 amide bonds. The van der Waals surface area contributed by atoms with Crippen molar-refractivity contribution in [1.29, 1.82) is 0 Å². The topological polar surface area (TPSA) is 33.1 Å². The summed E-state index contributed by atoms with van der Waals surface area (Å²) in [6, 6.07) is 12.2. The second kappa shape index (κ2) is 5.34. The summed E-state index contributed by atoms with van der Waals surface area (Å²) < 4.78 is 0. The van der Waals surface area contributed by atoms with Gasteiger partial charge < -0.3 is 5.11 Å². The highest BCUT2D eigenvalue weighted by Gasteiger charge is 2.02. The number of pyridine rings is 1. The van der Waals surface area contributed by atoms with E-state index in [-0.39, 0.29) is 0 Å². The van der Waals surface area contributed by atoms with E-state index in [0.29, 0.717) is 0 Å². The summed E-state index contributed by atoms with van der Waals surface area (Å²) >= 11 is 1.63. The molecular formula is C14H15NOS. The third-order valence-corrected chi connectivity index (χ3v) is 3.39. The maximum atomic E-state index is 9.39. The van der Waals surface area contributed by atoms with Gasteiger partial charge in [0.25, 0.3) is 0 Å². The molecule has 0 aliphatic heterocycles. The van der Waals surface area contributed by atoms with Crippen LogP contribution in [-0.4, -0.2) is 10.1 Å². The van der Waals surface area contributed by atoms with Crippen LogP contribution in [0.2, 0.25) is 0 Å². The van der Waals surface area contributed by atoms with Gasteiger partial charge in [-0.3, -0.25) is 0 Å². The number of aryl methyl sites for hydroxylation is 1. The van der Waals surface area contributed by atoms with Crippen LogP contribution in [0.15, 0.2) is 52.5 Å². The van der Waals surface area contributed by atoms with Crippen LogP contribution in [0.4, 0.5) is 0 Å². The fourth-order valence-corrected chi connectivity index (χ4v) is 2.37. The molecule has 0 spiro atoms. The van der Waals surface area contributed by atoms with Gasteiger partial charge in [0.15, 0.2) is 0 Å². The first kappa shape index (κ1) is 12.1. The molecule has 1 aromatic heterocycles. The summed E-state index contributed by atoms with van der Waals surface area (Å²) in [5.41, 5.74) is 2.09. The van der Waals surface area contributed by atoms with Crippen molar-refractivity contribution < 1.29 is 5.11 Å². The van der Waals surface area contributed by atoms with Crippen LogP contribution < -0.4 is 0 Å². The van der Waals surface area contributed by atoms with Crippen molar-refractivity contribution in [2.24, 2.45) is 0 Å². The van der Waals surface area contributed by atoms with Crippen LogP contribution in [0.5, 0.6) is 0 Å². The van der Waals surface area contributed by atoms with E-state index in [9.17, 15) is 5.11 Å². The Morgan fingerprint density at radius 2 is 2.06 bits per heavy atom. The van der Waals surface area contributed by atoms with Crippen LogP contribution >= 0.6 is 11.8 Å². The van der Waals surface area contributed by atoms with Gasteiger partial charge in [0, 0.05) is 11.1 Å². The molecule has 0 aliphatic carbocycles. The van der Waals surface area contributed by atoms with E-state index < -0.39 is 6.10 Å². The van der Waals surface area contributed by atoms with Gasteiger partial charge in [-0.1, -0.05) is 35.5 Å². The Balaban J connectivity index is 2.14. The number of aliphatic hydroxyl groups is 1. The van der Waals surface area contributed by atoms with Crippen LogP contribution in [0.25, 0.3) is 0 Å². The largest absolute Gasteiger partial charge is 0.389 e. The molecule has 17 heavy (non-hydrogen) atoms. The van der Waals surface area contributed by atoms with Crippen molar-refractivity contribution in [2.45, 2.75) is 29.9 Å². The molecule has 2 aromatic rings. The molecule has 88 valence electrons. The number of aliphatic hydroxyl groups excluding tert-OH is 1. The molecule has 0 saturated carbocycles. The van der Waals surface area contributed by atoms with Gasteiger partial charge in [0.05, 0.1) is 6.10 Å². The Hall–Kier alpha value is -1.32. The number of benzene rings is 1. The highest BCUT2D eigenvalue weighted by atomic mass is 32.2. The summed E-state index contributed by atoms with van der Waals surface area (Å²) in [5.74, 6) is 0. The molecule has 1 heterocycles. The first-order valence-electron chi connectivity index (χ1n) is 5.54.